The minimum atomic E-state index is -0.167. The quantitative estimate of drug-likeness (QED) is 0.250. The van der Waals surface area contributed by atoms with Crippen molar-refractivity contribution in [3.05, 3.63) is 94.0 Å². The summed E-state index contributed by atoms with van der Waals surface area (Å²) in [7, 11) is 0. The molecule has 0 aliphatic rings. The summed E-state index contributed by atoms with van der Waals surface area (Å²) in [6.45, 7) is 4.48. The molecular formula is C22H19N3O3S2. The summed E-state index contributed by atoms with van der Waals surface area (Å²) < 4.78 is 6.87. The highest BCUT2D eigenvalue weighted by Crippen LogP contribution is 2.24. The standard InChI is InChI=1S/C22H19N3O3S2/c1-2-9-25-21(27)18-8-11-29-20(18)24-22(25)30-14-15-5-3-6-16(12-15)19(26)23-13-17-7-4-10-28-17/h2-8,10-12H,1,9,13-14H2,(H,23,26). The number of aromatic nitrogens is 2. The van der Waals surface area contributed by atoms with Crippen LogP contribution < -0.4 is 10.9 Å². The Labute approximate surface area is 181 Å². The molecule has 30 heavy (non-hydrogen) atoms. The first-order chi connectivity index (χ1) is 14.7. The van der Waals surface area contributed by atoms with Crippen molar-refractivity contribution in [2.75, 3.05) is 0 Å². The zero-order valence-electron chi connectivity index (χ0n) is 16.0. The predicted octanol–water partition coefficient (Wildman–Crippen LogP) is 4.46. The topological polar surface area (TPSA) is 77.1 Å². The number of hydrogen-bond acceptors (Lipinski definition) is 6. The summed E-state index contributed by atoms with van der Waals surface area (Å²) in [5, 5.41) is 5.99. The first-order valence-corrected chi connectivity index (χ1v) is 11.1. The number of benzene rings is 1. The summed E-state index contributed by atoms with van der Waals surface area (Å²) in [6.07, 6.45) is 3.27. The van der Waals surface area contributed by atoms with E-state index in [0.717, 1.165) is 10.4 Å². The molecule has 0 radical (unpaired) electrons. The molecule has 6 nitrogen and oxygen atoms in total. The highest BCUT2D eigenvalue weighted by atomic mass is 32.2. The maximum Gasteiger partial charge on any atom is 0.263 e. The van der Waals surface area contributed by atoms with Crippen LogP contribution in [0.5, 0.6) is 0 Å². The van der Waals surface area contributed by atoms with E-state index in [1.165, 1.54) is 23.1 Å². The fraction of sp³-hybridized carbons (Fsp3) is 0.136. The Morgan fingerprint density at radius 3 is 3.00 bits per heavy atom. The van der Waals surface area contributed by atoms with Crippen LogP contribution in [-0.4, -0.2) is 15.5 Å². The van der Waals surface area contributed by atoms with Gasteiger partial charge in [0.1, 0.15) is 10.6 Å². The van der Waals surface area contributed by atoms with Gasteiger partial charge in [0.05, 0.1) is 18.2 Å². The zero-order valence-corrected chi connectivity index (χ0v) is 17.7. The van der Waals surface area contributed by atoms with E-state index in [1.54, 1.807) is 35.1 Å². The number of thiophene rings is 1. The molecule has 4 aromatic rings. The minimum Gasteiger partial charge on any atom is -0.467 e. The molecule has 0 fully saturated rings. The van der Waals surface area contributed by atoms with E-state index in [4.69, 9.17) is 4.42 Å². The fourth-order valence-corrected chi connectivity index (χ4v) is 4.72. The summed E-state index contributed by atoms with van der Waals surface area (Å²) in [4.78, 5) is 30.6. The number of amides is 1. The second-order valence-corrected chi connectivity index (χ2v) is 8.33. The molecule has 0 saturated carbocycles. The van der Waals surface area contributed by atoms with Crippen LogP contribution in [-0.2, 0) is 18.8 Å². The summed E-state index contributed by atoms with van der Waals surface area (Å²) >= 11 is 2.92. The number of carbonyl (C=O) groups excluding carboxylic acids is 1. The summed E-state index contributed by atoms with van der Waals surface area (Å²) in [5.41, 5.74) is 1.48. The van der Waals surface area contributed by atoms with Crippen LogP contribution >= 0.6 is 23.1 Å². The van der Waals surface area contributed by atoms with E-state index >= 15 is 0 Å². The van der Waals surface area contributed by atoms with Gasteiger partial charge < -0.3 is 9.73 Å². The molecule has 0 aliphatic carbocycles. The molecular weight excluding hydrogens is 418 g/mol. The normalized spacial score (nSPS) is 10.9. The van der Waals surface area contributed by atoms with E-state index in [-0.39, 0.29) is 11.5 Å². The number of nitrogens with one attached hydrogen (secondary N) is 1. The number of nitrogens with zero attached hydrogens (tertiary/aromatic N) is 2. The molecule has 0 spiro atoms. The lowest BCUT2D eigenvalue weighted by atomic mass is 10.1. The molecule has 0 bridgehead atoms. The Kier molecular flexibility index (Phi) is 6.15. The average Bonchev–Trinajstić information content (AvgIpc) is 3.45. The number of rotatable bonds is 8. The van der Waals surface area contributed by atoms with Crippen molar-refractivity contribution < 1.29 is 9.21 Å². The molecule has 0 aliphatic heterocycles. The predicted molar refractivity (Wildman–Crippen MR) is 120 cm³/mol. The van der Waals surface area contributed by atoms with Gasteiger partial charge in [0.25, 0.3) is 11.5 Å². The second-order valence-electron chi connectivity index (χ2n) is 6.49. The fourth-order valence-electron chi connectivity index (χ4n) is 2.96. The van der Waals surface area contributed by atoms with Gasteiger partial charge in [-0.3, -0.25) is 14.2 Å². The van der Waals surface area contributed by atoms with Crippen LogP contribution in [0.25, 0.3) is 10.2 Å². The second kappa shape index (κ2) is 9.15. The highest BCUT2D eigenvalue weighted by molar-refractivity contribution is 7.98. The van der Waals surface area contributed by atoms with Crippen LogP contribution in [0.15, 0.2) is 81.1 Å². The first kappa shape index (κ1) is 20.2. The van der Waals surface area contributed by atoms with Gasteiger partial charge in [-0.05, 0) is 41.3 Å². The smallest absolute Gasteiger partial charge is 0.263 e. The van der Waals surface area contributed by atoms with Crippen LogP contribution in [0.3, 0.4) is 0 Å². The lowest BCUT2D eigenvalue weighted by Crippen LogP contribution is -2.22. The molecule has 8 heteroatoms. The van der Waals surface area contributed by atoms with E-state index in [1.807, 2.05) is 29.6 Å². The van der Waals surface area contributed by atoms with Crippen molar-refractivity contribution in [1.29, 1.82) is 0 Å². The number of fused-ring (bicyclic) bond motifs is 1. The lowest BCUT2D eigenvalue weighted by Gasteiger charge is -2.10. The maximum absolute atomic E-state index is 12.7. The molecule has 1 amide bonds. The van der Waals surface area contributed by atoms with Crippen LogP contribution in [0, 0.1) is 0 Å². The van der Waals surface area contributed by atoms with E-state index in [9.17, 15) is 9.59 Å². The Morgan fingerprint density at radius 2 is 2.20 bits per heavy atom. The molecule has 3 aromatic heterocycles. The van der Waals surface area contributed by atoms with Crippen molar-refractivity contribution in [3.8, 4) is 0 Å². The highest BCUT2D eigenvalue weighted by Gasteiger charge is 2.13. The van der Waals surface area contributed by atoms with Gasteiger partial charge in [0, 0.05) is 17.9 Å². The third kappa shape index (κ3) is 4.39. The SMILES string of the molecule is C=CCn1c(SCc2cccc(C(=O)NCc3ccco3)c2)nc2sccc2c1=O. The van der Waals surface area contributed by atoms with E-state index in [0.29, 0.717) is 40.7 Å². The van der Waals surface area contributed by atoms with Crippen molar-refractivity contribution in [2.45, 2.75) is 24.0 Å². The average molecular weight is 438 g/mol. The van der Waals surface area contributed by atoms with Crippen LogP contribution in [0.4, 0.5) is 0 Å². The Morgan fingerprint density at radius 1 is 1.30 bits per heavy atom. The summed E-state index contributed by atoms with van der Waals surface area (Å²) in [5.74, 6) is 1.12. The number of hydrogen-bond donors (Lipinski definition) is 1. The number of carbonyl (C=O) groups is 1. The van der Waals surface area contributed by atoms with E-state index in [2.05, 4.69) is 16.9 Å². The van der Waals surface area contributed by atoms with Crippen LogP contribution in [0.2, 0.25) is 0 Å². The largest absolute Gasteiger partial charge is 0.467 e. The first-order valence-electron chi connectivity index (χ1n) is 9.27. The molecule has 4 rings (SSSR count). The minimum absolute atomic E-state index is 0.0605. The van der Waals surface area contributed by atoms with Gasteiger partial charge in [-0.2, -0.15) is 0 Å². The Balaban J connectivity index is 1.49. The Hall–Kier alpha value is -3.10. The summed E-state index contributed by atoms with van der Waals surface area (Å²) in [6, 6.07) is 12.8. The van der Waals surface area contributed by atoms with Gasteiger partial charge in [-0.15, -0.1) is 17.9 Å². The van der Waals surface area contributed by atoms with Gasteiger partial charge in [-0.25, -0.2) is 4.98 Å². The lowest BCUT2D eigenvalue weighted by molar-refractivity contribution is 0.0948. The van der Waals surface area contributed by atoms with Crippen molar-refractivity contribution in [1.82, 2.24) is 14.9 Å². The monoisotopic (exact) mass is 437 g/mol. The molecule has 1 N–H and O–H groups in total. The van der Waals surface area contributed by atoms with Gasteiger partial charge >= 0.3 is 0 Å². The number of furan rings is 1. The van der Waals surface area contributed by atoms with Crippen molar-refractivity contribution in [3.63, 3.8) is 0 Å². The molecule has 152 valence electrons. The van der Waals surface area contributed by atoms with Gasteiger partial charge in [0.15, 0.2) is 5.16 Å². The zero-order chi connectivity index (χ0) is 20.9. The van der Waals surface area contributed by atoms with Crippen LogP contribution in [0.1, 0.15) is 21.7 Å². The van der Waals surface area contributed by atoms with Gasteiger partial charge in [-0.1, -0.05) is 30.0 Å². The maximum atomic E-state index is 12.7. The molecule has 0 unspecified atom stereocenters. The van der Waals surface area contributed by atoms with Gasteiger partial charge in [0.2, 0.25) is 0 Å². The molecule has 0 saturated heterocycles. The molecule has 1 aromatic carbocycles. The number of thioether (sulfide) groups is 1. The van der Waals surface area contributed by atoms with E-state index < -0.39 is 0 Å². The molecule has 0 atom stereocenters. The third-order valence-corrected chi connectivity index (χ3v) is 6.27. The number of allylic oxidation sites excluding steroid dienone is 1. The van der Waals surface area contributed by atoms with Crippen molar-refractivity contribution >= 4 is 39.2 Å². The van der Waals surface area contributed by atoms with Crippen molar-refractivity contribution in [2.24, 2.45) is 0 Å². The molecule has 3 heterocycles. The third-order valence-electron chi connectivity index (χ3n) is 4.42. The Bertz CT molecular complexity index is 1240.